The Morgan fingerprint density at radius 2 is 1.87 bits per heavy atom. The molecule has 1 unspecified atom stereocenters. The van der Waals surface area contributed by atoms with Gasteiger partial charge >= 0.3 is 0 Å². The lowest BCUT2D eigenvalue weighted by Gasteiger charge is -2.10. The zero-order chi connectivity index (χ0) is 11.9. The number of carbonyl (C=O) groups is 1. The third kappa shape index (κ3) is 5.89. The van der Waals surface area contributed by atoms with Crippen LogP contribution in [0.25, 0.3) is 0 Å². The Morgan fingerprint density at radius 1 is 1.27 bits per heavy atom. The van der Waals surface area contributed by atoms with Gasteiger partial charge in [0.2, 0.25) is 0 Å². The Morgan fingerprint density at radius 3 is 2.27 bits per heavy atom. The lowest BCUT2D eigenvalue weighted by Crippen LogP contribution is -2.25. The van der Waals surface area contributed by atoms with Gasteiger partial charge in [-0.15, -0.1) is 0 Å². The van der Waals surface area contributed by atoms with E-state index in [4.69, 9.17) is 5.73 Å². The molecular weight excluding hydrogens is 214 g/mol. The van der Waals surface area contributed by atoms with Gasteiger partial charge in [0.1, 0.15) is 5.78 Å². The molecule has 0 saturated heterocycles. The number of ketones is 1. The molecular formula is C10H21NO3S. The van der Waals surface area contributed by atoms with E-state index >= 15 is 0 Å². The Hall–Kier alpha value is -0.420. The number of hydrogen-bond donors (Lipinski definition) is 1. The van der Waals surface area contributed by atoms with Gasteiger partial charge in [-0.25, -0.2) is 8.42 Å². The van der Waals surface area contributed by atoms with Crippen LogP contribution in [0.2, 0.25) is 0 Å². The van der Waals surface area contributed by atoms with Crippen LogP contribution >= 0.6 is 0 Å². The average Bonchev–Trinajstić information content (AvgIpc) is 2.17. The SMILES string of the molecule is CCCS(=O)(=O)CCC(=O)C(CC)CN. The number of nitrogens with two attached hydrogens (primary N) is 1. The molecule has 0 radical (unpaired) electrons. The first-order chi connectivity index (χ1) is 6.96. The monoisotopic (exact) mass is 235 g/mol. The molecule has 90 valence electrons. The Kier molecular flexibility index (Phi) is 6.76. The van der Waals surface area contributed by atoms with E-state index < -0.39 is 9.84 Å². The molecule has 0 heterocycles. The van der Waals surface area contributed by atoms with Crippen molar-refractivity contribution in [2.75, 3.05) is 18.1 Å². The van der Waals surface area contributed by atoms with E-state index in [0.29, 0.717) is 19.4 Å². The van der Waals surface area contributed by atoms with Gasteiger partial charge < -0.3 is 5.73 Å². The van der Waals surface area contributed by atoms with Crippen molar-refractivity contribution in [3.63, 3.8) is 0 Å². The molecule has 0 aromatic carbocycles. The van der Waals surface area contributed by atoms with Gasteiger partial charge in [-0.2, -0.15) is 0 Å². The van der Waals surface area contributed by atoms with Crippen LogP contribution in [-0.4, -0.2) is 32.3 Å². The van der Waals surface area contributed by atoms with E-state index in [1.54, 1.807) is 0 Å². The first kappa shape index (κ1) is 14.6. The average molecular weight is 235 g/mol. The normalized spacial score (nSPS) is 13.8. The van der Waals surface area contributed by atoms with E-state index in [-0.39, 0.29) is 29.6 Å². The largest absolute Gasteiger partial charge is 0.330 e. The molecule has 0 aromatic rings. The van der Waals surface area contributed by atoms with Crippen LogP contribution in [0, 0.1) is 5.92 Å². The second kappa shape index (κ2) is 6.95. The topological polar surface area (TPSA) is 77.2 Å². The Bertz CT molecular complexity index is 281. The highest BCUT2D eigenvalue weighted by Crippen LogP contribution is 2.07. The molecule has 0 fully saturated rings. The van der Waals surface area contributed by atoms with Crippen molar-refractivity contribution in [2.24, 2.45) is 11.7 Å². The number of carbonyl (C=O) groups excluding carboxylic acids is 1. The maximum Gasteiger partial charge on any atom is 0.150 e. The number of Topliss-reactive ketones (excluding diaryl/α,β-unsaturated/α-hetero) is 1. The van der Waals surface area contributed by atoms with Gasteiger partial charge in [0.25, 0.3) is 0 Å². The summed E-state index contributed by atoms with van der Waals surface area (Å²) in [7, 11) is -3.04. The Labute approximate surface area is 92.2 Å². The summed E-state index contributed by atoms with van der Waals surface area (Å²) in [5.41, 5.74) is 5.41. The highest BCUT2D eigenvalue weighted by molar-refractivity contribution is 7.91. The fourth-order valence-corrected chi connectivity index (χ4v) is 2.74. The van der Waals surface area contributed by atoms with Crippen molar-refractivity contribution in [1.82, 2.24) is 0 Å². The molecule has 0 aliphatic carbocycles. The van der Waals surface area contributed by atoms with E-state index in [0.717, 1.165) is 0 Å². The smallest absolute Gasteiger partial charge is 0.150 e. The van der Waals surface area contributed by atoms with Crippen LogP contribution in [0.5, 0.6) is 0 Å². The standard InChI is InChI=1S/C10H21NO3S/c1-3-6-15(13,14)7-5-10(12)9(4-2)8-11/h9H,3-8,11H2,1-2H3. The summed E-state index contributed by atoms with van der Waals surface area (Å²) in [6.45, 7) is 4.01. The molecule has 5 heteroatoms. The molecule has 0 amide bonds. The number of rotatable bonds is 8. The maximum atomic E-state index is 11.5. The second-order valence-corrected chi connectivity index (χ2v) is 6.01. The van der Waals surface area contributed by atoms with Crippen molar-refractivity contribution in [3.05, 3.63) is 0 Å². The van der Waals surface area contributed by atoms with Crippen molar-refractivity contribution in [1.29, 1.82) is 0 Å². The van der Waals surface area contributed by atoms with E-state index in [1.807, 2.05) is 13.8 Å². The third-order valence-electron chi connectivity index (χ3n) is 2.41. The molecule has 4 nitrogen and oxygen atoms in total. The van der Waals surface area contributed by atoms with Gasteiger partial charge in [0, 0.05) is 24.6 Å². The molecule has 0 spiro atoms. The highest BCUT2D eigenvalue weighted by Gasteiger charge is 2.18. The molecule has 15 heavy (non-hydrogen) atoms. The van der Waals surface area contributed by atoms with Crippen molar-refractivity contribution in [2.45, 2.75) is 33.1 Å². The van der Waals surface area contributed by atoms with E-state index in [1.165, 1.54) is 0 Å². The quantitative estimate of drug-likeness (QED) is 0.673. The molecule has 1 atom stereocenters. The van der Waals surface area contributed by atoms with Crippen LogP contribution in [0.15, 0.2) is 0 Å². The van der Waals surface area contributed by atoms with Gasteiger partial charge in [-0.05, 0) is 12.8 Å². The van der Waals surface area contributed by atoms with E-state index in [9.17, 15) is 13.2 Å². The maximum absolute atomic E-state index is 11.5. The second-order valence-electron chi connectivity index (χ2n) is 3.71. The van der Waals surface area contributed by atoms with Crippen LogP contribution < -0.4 is 5.73 Å². The predicted molar refractivity (Wildman–Crippen MR) is 61.4 cm³/mol. The summed E-state index contributed by atoms with van der Waals surface area (Å²) < 4.78 is 22.7. The zero-order valence-electron chi connectivity index (χ0n) is 9.53. The summed E-state index contributed by atoms with van der Waals surface area (Å²) in [5, 5.41) is 0. The van der Waals surface area contributed by atoms with Crippen LogP contribution in [-0.2, 0) is 14.6 Å². The van der Waals surface area contributed by atoms with Gasteiger partial charge in [0.15, 0.2) is 9.84 Å². The summed E-state index contributed by atoms with van der Waals surface area (Å²) in [6, 6.07) is 0. The summed E-state index contributed by atoms with van der Waals surface area (Å²) in [4.78, 5) is 11.5. The molecule has 0 aliphatic heterocycles. The van der Waals surface area contributed by atoms with Crippen LogP contribution in [0.3, 0.4) is 0 Å². The van der Waals surface area contributed by atoms with Gasteiger partial charge in [0.05, 0.1) is 5.75 Å². The fourth-order valence-electron chi connectivity index (χ4n) is 1.40. The lowest BCUT2D eigenvalue weighted by atomic mass is 10.00. The van der Waals surface area contributed by atoms with Crippen molar-refractivity contribution >= 4 is 15.6 Å². The molecule has 0 rings (SSSR count). The minimum absolute atomic E-state index is 0.0281. The predicted octanol–water partition coefficient (Wildman–Crippen LogP) is 0.755. The fraction of sp³-hybridized carbons (Fsp3) is 0.900. The molecule has 2 N–H and O–H groups in total. The summed E-state index contributed by atoms with van der Waals surface area (Å²) in [6.07, 6.45) is 1.39. The summed E-state index contributed by atoms with van der Waals surface area (Å²) >= 11 is 0. The van der Waals surface area contributed by atoms with Crippen LogP contribution in [0.4, 0.5) is 0 Å². The molecule has 0 aromatic heterocycles. The molecule has 0 bridgehead atoms. The highest BCUT2D eigenvalue weighted by atomic mass is 32.2. The van der Waals surface area contributed by atoms with Crippen molar-refractivity contribution < 1.29 is 13.2 Å². The molecule has 0 saturated carbocycles. The Balaban J connectivity index is 4.10. The van der Waals surface area contributed by atoms with Gasteiger partial charge in [-0.1, -0.05) is 13.8 Å². The third-order valence-corrected chi connectivity index (χ3v) is 4.26. The van der Waals surface area contributed by atoms with E-state index in [2.05, 4.69) is 0 Å². The first-order valence-electron chi connectivity index (χ1n) is 5.40. The first-order valence-corrected chi connectivity index (χ1v) is 7.22. The lowest BCUT2D eigenvalue weighted by molar-refractivity contribution is -0.122. The van der Waals surface area contributed by atoms with Crippen LogP contribution in [0.1, 0.15) is 33.1 Å². The minimum Gasteiger partial charge on any atom is -0.330 e. The van der Waals surface area contributed by atoms with Crippen molar-refractivity contribution in [3.8, 4) is 0 Å². The van der Waals surface area contributed by atoms with Gasteiger partial charge in [-0.3, -0.25) is 4.79 Å². The zero-order valence-corrected chi connectivity index (χ0v) is 10.3. The number of hydrogen-bond acceptors (Lipinski definition) is 4. The summed E-state index contributed by atoms with van der Waals surface area (Å²) in [5.74, 6) is -0.0721. The number of sulfone groups is 1. The minimum atomic E-state index is -3.04. The molecule has 0 aliphatic rings.